The minimum Gasteiger partial charge on any atom is -0.352 e. The molecule has 2 aromatic rings. The molecule has 0 amide bonds. The van der Waals surface area contributed by atoms with Gasteiger partial charge in [0.1, 0.15) is 11.8 Å². The van der Waals surface area contributed by atoms with Crippen molar-refractivity contribution in [2.24, 2.45) is 0 Å². The summed E-state index contributed by atoms with van der Waals surface area (Å²) in [4.78, 5) is 7.14. The molecule has 2 rings (SSSR count). The summed E-state index contributed by atoms with van der Waals surface area (Å²) >= 11 is 0. The van der Waals surface area contributed by atoms with Crippen LogP contribution in [0.3, 0.4) is 0 Å². The van der Waals surface area contributed by atoms with Crippen molar-refractivity contribution in [2.45, 2.75) is 6.18 Å². The summed E-state index contributed by atoms with van der Waals surface area (Å²) in [6.07, 6.45) is -1.96. The average molecular weight is 264 g/mol. The number of nitrogens with zero attached hydrogens (tertiary/aromatic N) is 3. The van der Waals surface area contributed by atoms with Crippen LogP contribution in [0.25, 0.3) is 0 Å². The standard InChI is InChI=1S/C12H7F3N4/c13-12(14,15)11-4-3-8(7-18-11)19-9-2-1-5-17-10(9)6-16/h1-5,7,19H. The third kappa shape index (κ3) is 2.98. The molecule has 0 radical (unpaired) electrons. The molecular weight excluding hydrogens is 257 g/mol. The predicted octanol–water partition coefficient (Wildman–Crippen LogP) is 3.11. The van der Waals surface area contributed by atoms with Crippen LogP contribution in [0.2, 0.25) is 0 Å². The number of hydrogen-bond donors (Lipinski definition) is 1. The van der Waals surface area contributed by atoms with E-state index in [0.29, 0.717) is 11.4 Å². The number of nitrogens with one attached hydrogen (secondary N) is 1. The molecule has 0 atom stereocenters. The van der Waals surface area contributed by atoms with Crippen molar-refractivity contribution < 1.29 is 13.2 Å². The van der Waals surface area contributed by atoms with Gasteiger partial charge >= 0.3 is 6.18 Å². The molecule has 96 valence electrons. The molecule has 2 heterocycles. The summed E-state index contributed by atoms with van der Waals surface area (Å²) in [5, 5.41) is 11.6. The molecule has 19 heavy (non-hydrogen) atoms. The Morgan fingerprint density at radius 3 is 2.53 bits per heavy atom. The average Bonchev–Trinajstić information content (AvgIpc) is 2.39. The maximum absolute atomic E-state index is 12.3. The monoisotopic (exact) mass is 264 g/mol. The number of hydrogen-bond acceptors (Lipinski definition) is 4. The van der Waals surface area contributed by atoms with Gasteiger partial charge in [-0.05, 0) is 24.3 Å². The fourth-order valence-electron chi connectivity index (χ4n) is 1.39. The van der Waals surface area contributed by atoms with E-state index < -0.39 is 11.9 Å². The number of aromatic nitrogens is 2. The van der Waals surface area contributed by atoms with Crippen LogP contribution >= 0.6 is 0 Å². The summed E-state index contributed by atoms with van der Waals surface area (Å²) < 4.78 is 37.0. The Hall–Kier alpha value is -2.62. The summed E-state index contributed by atoms with van der Waals surface area (Å²) in [5.74, 6) is 0. The second-order valence-electron chi connectivity index (χ2n) is 3.57. The van der Waals surface area contributed by atoms with E-state index in [0.717, 1.165) is 12.3 Å². The minimum absolute atomic E-state index is 0.155. The maximum atomic E-state index is 12.3. The number of rotatable bonds is 2. The van der Waals surface area contributed by atoms with Crippen LogP contribution in [0.4, 0.5) is 24.5 Å². The smallest absolute Gasteiger partial charge is 0.352 e. The lowest BCUT2D eigenvalue weighted by Crippen LogP contribution is -2.07. The van der Waals surface area contributed by atoms with E-state index in [1.165, 1.54) is 12.3 Å². The Bertz CT molecular complexity index is 614. The number of alkyl halides is 3. The van der Waals surface area contributed by atoms with Gasteiger partial charge in [-0.3, -0.25) is 0 Å². The molecule has 0 aliphatic heterocycles. The zero-order chi connectivity index (χ0) is 13.9. The topological polar surface area (TPSA) is 61.6 Å². The lowest BCUT2D eigenvalue weighted by atomic mass is 10.2. The largest absolute Gasteiger partial charge is 0.433 e. The van der Waals surface area contributed by atoms with E-state index in [2.05, 4.69) is 15.3 Å². The van der Waals surface area contributed by atoms with E-state index in [1.54, 1.807) is 12.1 Å². The fourth-order valence-corrected chi connectivity index (χ4v) is 1.39. The highest BCUT2D eigenvalue weighted by Crippen LogP contribution is 2.28. The van der Waals surface area contributed by atoms with Crippen LogP contribution < -0.4 is 5.32 Å². The van der Waals surface area contributed by atoms with Crippen molar-refractivity contribution in [3.8, 4) is 6.07 Å². The van der Waals surface area contributed by atoms with Gasteiger partial charge in [0.2, 0.25) is 0 Å². The van der Waals surface area contributed by atoms with Gasteiger partial charge in [-0.15, -0.1) is 0 Å². The van der Waals surface area contributed by atoms with Crippen LogP contribution in [0.1, 0.15) is 11.4 Å². The molecule has 1 N–H and O–H groups in total. The first-order chi connectivity index (χ1) is 9.00. The van der Waals surface area contributed by atoms with Crippen molar-refractivity contribution in [3.05, 3.63) is 48.0 Å². The van der Waals surface area contributed by atoms with E-state index >= 15 is 0 Å². The summed E-state index contributed by atoms with van der Waals surface area (Å²) in [7, 11) is 0. The van der Waals surface area contributed by atoms with Gasteiger partial charge in [0, 0.05) is 6.20 Å². The highest BCUT2D eigenvalue weighted by Gasteiger charge is 2.31. The number of nitriles is 1. The van der Waals surface area contributed by atoms with Crippen molar-refractivity contribution >= 4 is 11.4 Å². The molecule has 4 nitrogen and oxygen atoms in total. The zero-order valence-corrected chi connectivity index (χ0v) is 9.44. The van der Waals surface area contributed by atoms with Gasteiger partial charge in [-0.1, -0.05) is 0 Å². The Labute approximate surface area is 106 Å². The minimum atomic E-state index is -4.47. The molecule has 0 spiro atoms. The van der Waals surface area contributed by atoms with Gasteiger partial charge < -0.3 is 5.32 Å². The first kappa shape index (κ1) is 12.8. The molecule has 0 saturated carbocycles. The third-order valence-corrected chi connectivity index (χ3v) is 2.25. The third-order valence-electron chi connectivity index (χ3n) is 2.25. The summed E-state index contributed by atoms with van der Waals surface area (Å²) in [6, 6.07) is 7.20. The van der Waals surface area contributed by atoms with Crippen molar-refractivity contribution in [2.75, 3.05) is 5.32 Å². The van der Waals surface area contributed by atoms with E-state index in [9.17, 15) is 13.2 Å². The summed E-state index contributed by atoms with van der Waals surface area (Å²) in [5.41, 5.74) is -0.0591. The molecular formula is C12H7F3N4. The van der Waals surface area contributed by atoms with Crippen molar-refractivity contribution in [3.63, 3.8) is 0 Å². The molecule has 2 aromatic heterocycles. The highest BCUT2D eigenvalue weighted by molar-refractivity contribution is 5.63. The molecule has 0 unspecified atom stereocenters. The lowest BCUT2D eigenvalue weighted by Gasteiger charge is -2.09. The molecule has 0 saturated heterocycles. The first-order valence-electron chi connectivity index (χ1n) is 5.16. The first-order valence-corrected chi connectivity index (χ1v) is 5.16. The Balaban J connectivity index is 2.23. The van der Waals surface area contributed by atoms with E-state index in [1.807, 2.05) is 6.07 Å². The predicted molar refractivity (Wildman–Crippen MR) is 61.5 cm³/mol. The van der Waals surface area contributed by atoms with Gasteiger partial charge in [-0.25, -0.2) is 9.97 Å². The highest BCUT2D eigenvalue weighted by atomic mass is 19.4. The molecule has 0 fully saturated rings. The molecule has 0 aliphatic carbocycles. The molecule has 0 bridgehead atoms. The molecule has 0 aromatic carbocycles. The second-order valence-corrected chi connectivity index (χ2v) is 3.57. The van der Waals surface area contributed by atoms with Crippen LogP contribution in [-0.4, -0.2) is 9.97 Å². The Kier molecular flexibility index (Phi) is 3.33. The van der Waals surface area contributed by atoms with Gasteiger partial charge in [0.25, 0.3) is 0 Å². The van der Waals surface area contributed by atoms with Gasteiger partial charge in [-0.2, -0.15) is 18.4 Å². The SMILES string of the molecule is N#Cc1ncccc1Nc1ccc(C(F)(F)F)nc1. The zero-order valence-electron chi connectivity index (χ0n) is 9.44. The van der Waals surface area contributed by atoms with Gasteiger partial charge in [0.05, 0.1) is 17.6 Å². The second kappa shape index (κ2) is 4.94. The van der Waals surface area contributed by atoms with Crippen LogP contribution in [0.5, 0.6) is 0 Å². The van der Waals surface area contributed by atoms with Crippen LogP contribution in [-0.2, 0) is 6.18 Å². The van der Waals surface area contributed by atoms with Crippen molar-refractivity contribution in [1.82, 2.24) is 9.97 Å². The number of anilines is 2. The quantitative estimate of drug-likeness (QED) is 0.905. The lowest BCUT2D eigenvalue weighted by molar-refractivity contribution is -0.141. The Morgan fingerprint density at radius 2 is 1.95 bits per heavy atom. The molecule has 0 aliphatic rings. The van der Waals surface area contributed by atoms with E-state index in [-0.39, 0.29) is 5.69 Å². The summed E-state index contributed by atoms with van der Waals surface area (Å²) in [6.45, 7) is 0. The van der Waals surface area contributed by atoms with Gasteiger partial charge in [0.15, 0.2) is 5.69 Å². The maximum Gasteiger partial charge on any atom is 0.433 e. The molecule has 7 heteroatoms. The van der Waals surface area contributed by atoms with Crippen LogP contribution in [0.15, 0.2) is 36.7 Å². The fraction of sp³-hybridized carbons (Fsp3) is 0.0833. The van der Waals surface area contributed by atoms with Crippen molar-refractivity contribution in [1.29, 1.82) is 5.26 Å². The number of pyridine rings is 2. The number of halogens is 3. The van der Waals surface area contributed by atoms with E-state index in [4.69, 9.17) is 5.26 Å². The van der Waals surface area contributed by atoms with Crippen LogP contribution in [0, 0.1) is 11.3 Å². The Morgan fingerprint density at radius 1 is 1.16 bits per heavy atom. The normalized spacial score (nSPS) is 10.8.